The fourth-order valence-corrected chi connectivity index (χ4v) is 4.95. The highest BCUT2D eigenvalue weighted by Crippen LogP contribution is 2.36. The van der Waals surface area contributed by atoms with E-state index in [0.717, 1.165) is 43.4 Å². The van der Waals surface area contributed by atoms with Gasteiger partial charge in [0.2, 0.25) is 0 Å². The molecule has 0 bridgehead atoms. The molecule has 2 aromatic rings. The van der Waals surface area contributed by atoms with E-state index in [4.69, 9.17) is 4.74 Å². The Morgan fingerprint density at radius 1 is 0.879 bits per heavy atom. The maximum Gasteiger partial charge on any atom is 0.159 e. The minimum atomic E-state index is -0.184. The Kier molecular flexibility index (Phi) is 10.6. The van der Waals surface area contributed by atoms with Gasteiger partial charge in [-0.25, -0.2) is 4.39 Å². The summed E-state index contributed by atoms with van der Waals surface area (Å²) in [5.74, 6) is 0.252. The van der Waals surface area contributed by atoms with Crippen LogP contribution in [0.25, 0.3) is 11.1 Å². The Hall–Kier alpha value is -2.00. The molecule has 180 valence electrons. The van der Waals surface area contributed by atoms with Gasteiger partial charge in [0.25, 0.3) is 0 Å². The van der Waals surface area contributed by atoms with Gasteiger partial charge in [-0.3, -0.25) is 4.79 Å². The average Bonchev–Trinajstić information content (AvgIpc) is 2.83. The molecule has 0 spiro atoms. The molecule has 0 heterocycles. The first-order valence-corrected chi connectivity index (χ1v) is 13.1. The van der Waals surface area contributed by atoms with Crippen molar-refractivity contribution in [3.8, 4) is 11.1 Å². The summed E-state index contributed by atoms with van der Waals surface area (Å²) in [6.45, 7) is 4.69. The molecule has 0 aromatic heterocycles. The van der Waals surface area contributed by atoms with E-state index in [1.54, 1.807) is 25.1 Å². The summed E-state index contributed by atoms with van der Waals surface area (Å²) < 4.78 is 21.0. The number of Topliss-reactive ketones (excluding diaryl/α,β-unsaturated/α-hetero) is 1. The highest BCUT2D eigenvalue weighted by molar-refractivity contribution is 5.94. The van der Waals surface area contributed by atoms with Crippen LogP contribution in [0.1, 0.15) is 113 Å². The van der Waals surface area contributed by atoms with Gasteiger partial charge in [-0.15, -0.1) is 0 Å². The molecular formula is C30H41FO2. The molecule has 1 fully saturated rings. The van der Waals surface area contributed by atoms with Crippen LogP contribution in [0.5, 0.6) is 0 Å². The first-order chi connectivity index (χ1) is 16.1. The predicted molar refractivity (Wildman–Crippen MR) is 135 cm³/mol. The lowest BCUT2D eigenvalue weighted by molar-refractivity contribution is 0.0226. The number of ketones is 1. The van der Waals surface area contributed by atoms with Gasteiger partial charge >= 0.3 is 0 Å². The quantitative estimate of drug-likeness (QED) is 0.224. The van der Waals surface area contributed by atoms with Crippen LogP contribution in [-0.2, 0) is 4.74 Å². The summed E-state index contributed by atoms with van der Waals surface area (Å²) in [6, 6.07) is 12.8. The highest BCUT2D eigenvalue weighted by Gasteiger charge is 2.23. The Bertz CT molecular complexity index is 850. The SMILES string of the molecule is CCCCCCCCCCO[C@H]1CC[C@H](c2ccc(-c3ccc(C(C)=O)cc3)c(F)c2)CC1. The molecule has 0 atom stereocenters. The Balaban J connectivity index is 1.39. The van der Waals surface area contributed by atoms with Crippen molar-refractivity contribution in [2.24, 2.45) is 0 Å². The van der Waals surface area contributed by atoms with Gasteiger partial charge in [-0.1, -0.05) is 88.3 Å². The molecule has 1 aliphatic rings. The maximum atomic E-state index is 14.9. The van der Waals surface area contributed by atoms with Crippen LogP contribution >= 0.6 is 0 Å². The number of carbonyl (C=O) groups excluding carboxylic acids is 1. The fourth-order valence-electron chi connectivity index (χ4n) is 4.95. The monoisotopic (exact) mass is 452 g/mol. The van der Waals surface area contributed by atoms with Gasteiger partial charge in [-0.05, 0) is 62.1 Å². The fraction of sp³-hybridized carbons (Fsp3) is 0.567. The zero-order valence-corrected chi connectivity index (χ0v) is 20.6. The van der Waals surface area contributed by atoms with Crippen molar-refractivity contribution in [2.75, 3.05) is 6.61 Å². The standard InChI is InChI=1S/C30H41FO2/c1-3-4-5-6-7-8-9-10-21-33-28-18-15-25(16-19-28)27-17-20-29(30(31)22-27)26-13-11-24(12-14-26)23(2)32/h11-14,17,20,22,25,28H,3-10,15-16,18-19,21H2,1-2H3/t25-,28-. The lowest BCUT2D eigenvalue weighted by Gasteiger charge is -2.29. The summed E-state index contributed by atoms with van der Waals surface area (Å²) in [6.07, 6.45) is 15.2. The summed E-state index contributed by atoms with van der Waals surface area (Å²) in [7, 11) is 0. The van der Waals surface area contributed by atoms with Crippen molar-refractivity contribution < 1.29 is 13.9 Å². The molecule has 0 unspecified atom stereocenters. The first kappa shape index (κ1) is 25.6. The third-order valence-electron chi connectivity index (χ3n) is 7.09. The molecule has 0 amide bonds. The van der Waals surface area contributed by atoms with Crippen LogP contribution in [0.15, 0.2) is 42.5 Å². The Morgan fingerprint density at radius 3 is 2.12 bits per heavy atom. The topological polar surface area (TPSA) is 26.3 Å². The van der Waals surface area contributed by atoms with Gasteiger partial charge in [0.1, 0.15) is 5.82 Å². The molecule has 33 heavy (non-hydrogen) atoms. The second-order valence-electron chi connectivity index (χ2n) is 9.69. The van der Waals surface area contributed by atoms with Crippen molar-refractivity contribution in [1.82, 2.24) is 0 Å². The van der Waals surface area contributed by atoms with Crippen molar-refractivity contribution in [2.45, 2.75) is 103 Å². The second kappa shape index (κ2) is 13.6. The van der Waals surface area contributed by atoms with Crippen LogP contribution in [0, 0.1) is 5.82 Å². The van der Waals surface area contributed by atoms with Gasteiger partial charge < -0.3 is 4.74 Å². The molecule has 1 saturated carbocycles. The lowest BCUT2D eigenvalue weighted by Crippen LogP contribution is -2.21. The molecule has 2 nitrogen and oxygen atoms in total. The molecule has 3 rings (SSSR count). The number of unbranched alkanes of at least 4 members (excludes halogenated alkanes) is 7. The van der Waals surface area contributed by atoms with E-state index in [-0.39, 0.29) is 11.6 Å². The van der Waals surface area contributed by atoms with E-state index < -0.39 is 0 Å². The average molecular weight is 453 g/mol. The van der Waals surface area contributed by atoms with Crippen molar-refractivity contribution in [3.05, 3.63) is 59.4 Å². The van der Waals surface area contributed by atoms with E-state index in [2.05, 4.69) is 13.0 Å². The Labute approximate surface area is 199 Å². The van der Waals surface area contributed by atoms with E-state index >= 15 is 0 Å². The number of rotatable bonds is 13. The van der Waals surface area contributed by atoms with Crippen LogP contribution in [0.4, 0.5) is 4.39 Å². The normalized spacial score (nSPS) is 18.4. The van der Waals surface area contributed by atoms with Gasteiger partial charge in [-0.2, -0.15) is 0 Å². The smallest absolute Gasteiger partial charge is 0.159 e. The highest BCUT2D eigenvalue weighted by atomic mass is 19.1. The lowest BCUT2D eigenvalue weighted by atomic mass is 9.82. The number of ether oxygens (including phenoxy) is 1. The van der Waals surface area contributed by atoms with E-state index in [1.807, 2.05) is 18.2 Å². The summed E-state index contributed by atoms with van der Waals surface area (Å²) in [5.41, 5.74) is 3.15. The van der Waals surface area contributed by atoms with E-state index in [9.17, 15) is 9.18 Å². The second-order valence-corrected chi connectivity index (χ2v) is 9.69. The van der Waals surface area contributed by atoms with Crippen LogP contribution in [0.3, 0.4) is 0 Å². The van der Waals surface area contributed by atoms with Gasteiger partial charge in [0.15, 0.2) is 5.78 Å². The molecular weight excluding hydrogens is 411 g/mol. The minimum Gasteiger partial charge on any atom is -0.378 e. The van der Waals surface area contributed by atoms with Gasteiger partial charge in [0, 0.05) is 17.7 Å². The summed E-state index contributed by atoms with van der Waals surface area (Å²) in [4.78, 5) is 11.5. The van der Waals surface area contributed by atoms with E-state index in [1.165, 1.54) is 51.4 Å². The largest absolute Gasteiger partial charge is 0.378 e. The third kappa shape index (κ3) is 8.07. The molecule has 1 aliphatic carbocycles. The molecule has 2 aromatic carbocycles. The first-order valence-electron chi connectivity index (χ1n) is 13.1. The maximum absolute atomic E-state index is 14.9. The molecule has 0 saturated heterocycles. The minimum absolute atomic E-state index is 0.0229. The van der Waals surface area contributed by atoms with Crippen molar-refractivity contribution in [1.29, 1.82) is 0 Å². The third-order valence-corrected chi connectivity index (χ3v) is 7.09. The van der Waals surface area contributed by atoms with Crippen LogP contribution < -0.4 is 0 Å². The van der Waals surface area contributed by atoms with Crippen molar-refractivity contribution >= 4 is 5.78 Å². The number of benzene rings is 2. The molecule has 0 aliphatic heterocycles. The van der Waals surface area contributed by atoms with Gasteiger partial charge in [0.05, 0.1) is 6.10 Å². The zero-order valence-electron chi connectivity index (χ0n) is 20.6. The number of carbonyl (C=O) groups is 1. The number of hydrogen-bond donors (Lipinski definition) is 0. The molecule has 3 heteroatoms. The zero-order chi connectivity index (χ0) is 23.5. The van der Waals surface area contributed by atoms with Crippen LogP contribution in [-0.4, -0.2) is 18.5 Å². The van der Waals surface area contributed by atoms with Crippen LogP contribution in [0.2, 0.25) is 0 Å². The molecule has 0 radical (unpaired) electrons. The molecule has 0 N–H and O–H groups in total. The Morgan fingerprint density at radius 2 is 1.52 bits per heavy atom. The number of halogens is 1. The number of hydrogen-bond acceptors (Lipinski definition) is 2. The van der Waals surface area contributed by atoms with Crippen molar-refractivity contribution in [3.63, 3.8) is 0 Å². The van der Waals surface area contributed by atoms with E-state index in [0.29, 0.717) is 23.1 Å². The summed E-state index contributed by atoms with van der Waals surface area (Å²) >= 11 is 0. The predicted octanol–water partition coefficient (Wildman–Crippen LogP) is 8.88. The summed E-state index contributed by atoms with van der Waals surface area (Å²) in [5, 5.41) is 0.